The van der Waals surface area contributed by atoms with Crippen molar-refractivity contribution in [2.24, 2.45) is 0 Å². The minimum absolute atomic E-state index is 0. The molecule has 2 aliphatic rings. The topological polar surface area (TPSA) is 362 Å². The van der Waals surface area contributed by atoms with Crippen molar-refractivity contribution in [3.8, 4) is 0 Å². The van der Waals surface area contributed by atoms with Gasteiger partial charge in [0.1, 0.15) is 42.4 Å². The van der Waals surface area contributed by atoms with Crippen molar-refractivity contribution in [2.45, 2.75) is 74.8 Å². The van der Waals surface area contributed by atoms with Crippen LogP contribution in [-0.4, -0.2) is 109 Å². The minimum Gasteiger partial charge on any atom is -0.812 e. The van der Waals surface area contributed by atoms with E-state index in [9.17, 15) is 44.1 Å². The van der Waals surface area contributed by atoms with E-state index in [0.29, 0.717) is 6.42 Å². The smallest absolute Gasteiger partial charge is 0.812 e. The Morgan fingerprint density at radius 2 is 1.70 bits per heavy atom. The zero-order valence-electron chi connectivity index (χ0n) is 30.7. The van der Waals surface area contributed by atoms with Crippen LogP contribution in [0, 0.1) is 0 Å². The van der Waals surface area contributed by atoms with E-state index in [1.54, 1.807) is 0 Å². The Labute approximate surface area is 389 Å². The molecular formula is C26H36N9Na3O15P2S. The standard InChI is InChI=1S/C26H39N9O15P2S.3Na/c1-45-20-19(13(10-47-52(43,44)53)49-24(20)35-11-29-16-21(35)32-25(28)33-22(16)40)50-51(42,30-7-4-2-3-5-15(36)37)46-9-12-17(38)18(39)23(48-12)34-8-6-14(27)31-26(34)41;;;/h6,8,11-13,17-20,23-24,38-39H,2-5,7,9-10H2,1H3,(H,30,42)(H,36,37)(H2,27,31,41)(H2,43,44,53)(H3,28,32,33,40);;;/q;3*+1/p-3/t12-,13-,17-,18-,19-,20-,23-,24-,51?;;;/m1.../s1. The molecule has 2 fully saturated rings. The van der Waals surface area contributed by atoms with Gasteiger partial charge in [-0.2, -0.15) is 9.97 Å². The van der Waals surface area contributed by atoms with Gasteiger partial charge in [-0.25, -0.2) is 19.4 Å². The second-order valence-electron chi connectivity index (χ2n) is 11.8. The fourth-order valence-electron chi connectivity index (χ4n) is 5.69. The van der Waals surface area contributed by atoms with E-state index in [1.165, 1.54) is 30.3 Å². The number of hydrogen-bond donors (Lipinski definition) is 6. The number of hydrogen-bond acceptors (Lipinski definition) is 21. The molecule has 5 heterocycles. The van der Waals surface area contributed by atoms with E-state index >= 15 is 0 Å². The van der Waals surface area contributed by atoms with Gasteiger partial charge in [-0.1, -0.05) is 13.1 Å². The van der Waals surface area contributed by atoms with E-state index in [4.69, 9.17) is 39.2 Å². The second-order valence-corrected chi connectivity index (χ2v) is 16.1. The molecule has 3 aromatic rings. The Morgan fingerprint density at radius 3 is 2.34 bits per heavy atom. The molecule has 0 aromatic carbocycles. The molecule has 2 aliphatic heterocycles. The van der Waals surface area contributed by atoms with Gasteiger partial charge in [-0.15, -0.1) is 11.8 Å². The van der Waals surface area contributed by atoms with Gasteiger partial charge in [-0.3, -0.25) is 28.0 Å². The summed E-state index contributed by atoms with van der Waals surface area (Å²) in [5.74, 6) is -1.60. The molecular weight excluding hydrogens is 841 g/mol. The first-order valence-corrected chi connectivity index (χ1v) is 19.9. The molecule has 1 unspecified atom stereocenters. The van der Waals surface area contributed by atoms with Crippen LogP contribution in [0.5, 0.6) is 0 Å². The maximum Gasteiger partial charge on any atom is 1.00 e. The number of anilines is 2. The number of carboxylic acid groups (broad SMARTS) is 1. The summed E-state index contributed by atoms with van der Waals surface area (Å²) in [6, 6.07) is 1.27. The fraction of sp³-hybridized carbons (Fsp3) is 0.615. The number of carbonyl (C=O) groups excluding carboxylic acids is 1. The average Bonchev–Trinajstić information content (AvgIpc) is 3.73. The van der Waals surface area contributed by atoms with Crippen LogP contribution in [0.15, 0.2) is 28.2 Å². The molecule has 9 atom stereocenters. The maximum absolute atomic E-state index is 14.5. The molecule has 24 nitrogen and oxygen atoms in total. The number of unbranched alkanes of at least 4 members (excludes halogenated alkanes) is 2. The summed E-state index contributed by atoms with van der Waals surface area (Å²) in [6.45, 7) is -6.32. The number of aliphatic hydroxyl groups is 2. The van der Waals surface area contributed by atoms with Crippen LogP contribution in [0.1, 0.15) is 38.1 Å². The number of nitrogens with two attached hydrogens (primary N) is 2. The molecule has 0 radical (unpaired) electrons. The monoisotopic (exact) mass is 877 g/mol. The molecule has 294 valence electrons. The number of imidazole rings is 1. The van der Waals surface area contributed by atoms with Crippen molar-refractivity contribution in [3.05, 3.63) is 39.4 Å². The summed E-state index contributed by atoms with van der Waals surface area (Å²) in [5, 5.41) is 34.9. The predicted molar refractivity (Wildman–Crippen MR) is 176 cm³/mol. The molecule has 8 N–H and O–H groups in total. The molecule has 5 rings (SSSR count). The summed E-state index contributed by atoms with van der Waals surface area (Å²) in [4.78, 5) is 73.3. The largest absolute Gasteiger partial charge is 1.00 e. The number of aromatic amines is 1. The quantitative estimate of drug-likeness (QED) is 0.0392. The molecule has 0 saturated carbocycles. The molecule has 56 heavy (non-hydrogen) atoms. The number of fused-ring (bicyclic) bond motifs is 1. The summed E-state index contributed by atoms with van der Waals surface area (Å²) in [7, 11) is -3.38. The SMILES string of the molecule is CO[C@@H]1[C@H](OP(=O)(NCCCCCC(=O)[O-])OC[C@H]2O[C@@H](n3ccc(N)nc3=O)[C@H](O)[C@@H]2O)[C@@H](COP([O-])([O-])=S)O[C@H]1n1cnc2c(=O)[nH]c(N)nc21.[Na+].[Na+].[Na+]. The molecule has 2 saturated heterocycles. The number of rotatable bonds is 18. The normalized spacial score (nSPS) is 25.9. The molecule has 30 heteroatoms. The summed E-state index contributed by atoms with van der Waals surface area (Å²) >= 11 is 4.37. The third kappa shape index (κ3) is 13.1. The van der Waals surface area contributed by atoms with Crippen LogP contribution in [0.3, 0.4) is 0 Å². The van der Waals surface area contributed by atoms with Crippen LogP contribution in [0.4, 0.5) is 11.8 Å². The van der Waals surface area contributed by atoms with E-state index in [0.717, 1.165) is 4.57 Å². The van der Waals surface area contributed by atoms with E-state index in [2.05, 4.69) is 36.8 Å². The molecule has 0 bridgehead atoms. The number of carboxylic acids is 1. The van der Waals surface area contributed by atoms with Gasteiger partial charge in [0.15, 0.2) is 23.6 Å². The third-order valence-corrected chi connectivity index (χ3v) is 10.6. The van der Waals surface area contributed by atoms with E-state index < -0.39 is 94.0 Å². The van der Waals surface area contributed by atoms with Crippen molar-refractivity contribution >= 4 is 55.2 Å². The average molecular weight is 878 g/mol. The van der Waals surface area contributed by atoms with Gasteiger partial charge in [-0.05, 0) is 25.3 Å². The molecule has 3 aromatic heterocycles. The van der Waals surface area contributed by atoms with E-state index in [1.807, 2.05) is 0 Å². The van der Waals surface area contributed by atoms with Crippen molar-refractivity contribution in [2.75, 3.05) is 38.3 Å². The first-order valence-electron chi connectivity index (χ1n) is 15.8. The van der Waals surface area contributed by atoms with Gasteiger partial charge in [0.2, 0.25) is 5.95 Å². The second kappa shape index (κ2) is 22.5. The summed E-state index contributed by atoms with van der Waals surface area (Å²) in [6.07, 6.45) is -8.61. The molecule has 0 aliphatic carbocycles. The summed E-state index contributed by atoms with van der Waals surface area (Å²) in [5.41, 5.74) is 9.52. The number of H-pyrrole nitrogens is 1. The van der Waals surface area contributed by atoms with Crippen LogP contribution >= 0.6 is 14.5 Å². The number of aliphatic carboxylic acids is 1. The van der Waals surface area contributed by atoms with Crippen molar-refractivity contribution in [1.29, 1.82) is 0 Å². The Morgan fingerprint density at radius 1 is 1.02 bits per heavy atom. The number of nitrogens with zero attached hydrogens (tertiary/aromatic N) is 5. The number of ether oxygens (including phenoxy) is 3. The van der Waals surface area contributed by atoms with Gasteiger partial charge < -0.3 is 60.1 Å². The Kier molecular flexibility index (Phi) is 20.9. The zero-order chi connectivity index (χ0) is 38.7. The number of aromatic nitrogens is 6. The minimum atomic E-state index is -4.77. The van der Waals surface area contributed by atoms with Gasteiger partial charge in [0.25, 0.3) is 5.56 Å². The van der Waals surface area contributed by atoms with Crippen LogP contribution < -0.4 is 131 Å². The number of nitrogen functional groups attached to an aromatic ring is 2. The Hall–Kier alpha value is -0.260. The number of aliphatic hydroxyl groups excluding tert-OH is 2. The first-order chi connectivity index (χ1) is 25.0. The van der Waals surface area contributed by atoms with E-state index in [-0.39, 0.29) is 137 Å². The van der Waals surface area contributed by atoms with Gasteiger partial charge in [0, 0.05) is 25.8 Å². The number of carbonyl (C=O) groups is 1. The summed E-state index contributed by atoms with van der Waals surface area (Å²) < 4.78 is 50.6. The maximum atomic E-state index is 14.5. The Bertz CT molecular complexity index is 1990. The first kappa shape index (κ1) is 51.9. The van der Waals surface area contributed by atoms with Crippen molar-refractivity contribution < 1.29 is 151 Å². The van der Waals surface area contributed by atoms with Crippen LogP contribution in [0.25, 0.3) is 11.2 Å². The van der Waals surface area contributed by atoms with Gasteiger partial charge in [0.05, 0.1) is 19.5 Å². The van der Waals surface area contributed by atoms with Crippen LogP contribution in [-0.2, 0) is 48.9 Å². The van der Waals surface area contributed by atoms with Crippen molar-refractivity contribution in [1.82, 2.24) is 34.2 Å². The fourth-order valence-corrected chi connectivity index (χ4v) is 7.78. The third-order valence-electron chi connectivity index (χ3n) is 8.17. The van der Waals surface area contributed by atoms with Crippen molar-refractivity contribution in [3.63, 3.8) is 0 Å². The molecule has 0 spiro atoms. The molecule has 0 amide bonds. The number of methoxy groups -OCH3 is 1. The predicted octanol–water partition coefficient (Wildman–Crippen LogP) is -13.5. The van der Waals surface area contributed by atoms with Gasteiger partial charge >= 0.3 is 102 Å². The Balaban J connectivity index is 0.00000361. The zero-order valence-corrected chi connectivity index (χ0v) is 39.3. The number of nitrogens with one attached hydrogen (secondary N) is 2. The van der Waals surface area contributed by atoms with Crippen LogP contribution in [0.2, 0.25) is 0 Å².